The molecule has 0 heterocycles. The molecule has 0 aliphatic rings. The molecule has 0 bridgehead atoms. The molecule has 0 aromatic heterocycles. The number of hydrogen-bond donors (Lipinski definition) is 2. The molecule has 1 rings (SSSR count). The van der Waals surface area contributed by atoms with Gasteiger partial charge in [-0.25, -0.2) is 0 Å². The van der Waals surface area contributed by atoms with E-state index in [0.29, 0.717) is 43.2 Å². The van der Waals surface area contributed by atoms with Crippen molar-refractivity contribution in [2.45, 2.75) is 13.3 Å². The summed E-state index contributed by atoms with van der Waals surface area (Å²) in [5.74, 6) is 1.05. The van der Waals surface area contributed by atoms with Gasteiger partial charge in [-0.15, -0.1) is 0 Å². The number of aliphatic hydroxyl groups is 1. The summed E-state index contributed by atoms with van der Waals surface area (Å²) in [6, 6.07) is 3.38. The van der Waals surface area contributed by atoms with Crippen LogP contribution in [0.25, 0.3) is 0 Å². The molecule has 0 saturated carbocycles. The topological polar surface area (TPSA) is 77.0 Å². The van der Waals surface area contributed by atoms with Crippen molar-refractivity contribution in [2.24, 2.45) is 0 Å². The molecule has 1 aromatic carbocycles. The van der Waals surface area contributed by atoms with E-state index in [2.05, 4.69) is 5.32 Å². The quantitative estimate of drug-likeness (QED) is 0.668. The van der Waals surface area contributed by atoms with Gasteiger partial charge >= 0.3 is 0 Å². The Morgan fingerprint density at radius 3 is 2.33 bits per heavy atom. The van der Waals surface area contributed by atoms with Gasteiger partial charge in [-0.05, 0) is 25.5 Å². The first kappa shape index (κ1) is 17.3. The average molecular weight is 297 g/mol. The van der Waals surface area contributed by atoms with Gasteiger partial charge in [0.05, 0.1) is 27.4 Å². The fourth-order valence-corrected chi connectivity index (χ4v) is 1.86. The van der Waals surface area contributed by atoms with Gasteiger partial charge in [0.15, 0.2) is 0 Å². The van der Waals surface area contributed by atoms with Gasteiger partial charge in [-0.2, -0.15) is 0 Å². The van der Waals surface area contributed by atoms with Gasteiger partial charge < -0.3 is 24.6 Å². The molecule has 0 radical (unpaired) electrons. The molecule has 6 nitrogen and oxygen atoms in total. The highest BCUT2D eigenvalue weighted by molar-refractivity contribution is 5.95. The largest absolute Gasteiger partial charge is 0.496 e. The Labute approximate surface area is 125 Å². The average Bonchev–Trinajstić information content (AvgIpc) is 2.50. The van der Waals surface area contributed by atoms with E-state index in [1.165, 1.54) is 0 Å². The zero-order valence-electron chi connectivity index (χ0n) is 12.8. The molecule has 21 heavy (non-hydrogen) atoms. The van der Waals surface area contributed by atoms with Crippen molar-refractivity contribution in [1.82, 2.24) is 5.32 Å². The molecule has 0 saturated heterocycles. The first-order chi connectivity index (χ1) is 10.1. The maximum absolute atomic E-state index is 12.1. The number of carbonyl (C=O) groups is 1. The Kier molecular flexibility index (Phi) is 7.56. The van der Waals surface area contributed by atoms with Crippen LogP contribution in [-0.2, 0) is 4.74 Å². The molecule has 118 valence electrons. The van der Waals surface area contributed by atoms with Crippen molar-refractivity contribution < 1.29 is 24.1 Å². The predicted octanol–water partition coefficient (Wildman–Crippen LogP) is 1.14. The number of nitrogens with one attached hydrogen (secondary N) is 1. The fraction of sp³-hybridized carbons (Fsp3) is 0.533. The van der Waals surface area contributed by atoms with E-state index in [0.717, 1.165) is 5.56 Å². The minimum atomic E-state index is -0.186. The van der Waals surface area contributed by atoms with Gasteiger partial charge in [0.2, 0.25) is 0 Å². The summed E-state index contributed by atoms with van der Waals surface area (Å²) in [5.41, 5.74) is 1.35. The molecule has 1 aromatic rings. The van der Waals surface area contributed by atoms with Crippen molar-refractivity contribution in [1.29, 1.82) is 0 Å². The Hall–Kier alpha value is -1.79. The Bertz CT molecular complexity index is 436. The van der Waals surface area contributed by atoms with E-state index in [4.69, 9.17) is 19.3 Å². The maximum atomic E-state index is 12.1. The van der Waals surface area contributed by atoms with Crippen LogP contribution in [0.4, 0.5) is 0 Å². The second-order valence-corrected chi connectivity index (χ2v) is 4.45. The number of carbonyl (C=O) groups excluding carboxylic acids is 1. The second-order valence-electron chi connectivity index (χ2n) is 4.45. The summed E-state index contributed by atoms with van der Waals surface area (Å²) in [5, 5.41) is 11.4. The van der Waals surface area contributed by atoms with Crippen molar-refractivity contribution in [3.05, 3.63) is 23.3 Å². The van der Waals surface area contributed by atoms with Crippen LogP contribution in [0.1, 0.15) is 22.3 Å². The van der Waals surface area contributed by atoms with Crippen LogP contribution in [0, 0.1) is 6.92 Å². The molecule has 6 heteroatoms. The summed E-state index contributed by atoms with van der Waals surface area (Å²) >= 11 is 0. The summed E-state index contributed by atoms with van der Waals surface area (Å²) in [6.07, 6.45) is 0.686. The Balaban J connectivity index is 2.57. The third kappa shape index (κ3) is 5.24. The highest BCUT2D eigenvalue weighted by Gasteiger charge is 2.13. The predicted molar refractivity (Wildman–Crippen MR) is 79.1 cm³/mol. The fourth-order valence-electron chi connectivity index (χ4n) is 1.86. The lowest BCUT2D eigenvalue weighted by Gasteiger charge is -2.12. The van der Waals surface area contributed by atoms with Crippen LogP contribution in [-0.4, -0.2) is 51.6 Å². The van der Waals surface area contributed by atoms with Crippen LogP contribution < -0.4 is 14.8 Å². The summed E-state index contributed by atoms with van der Waals surface area (Å²) in [4.78, 5) is 12.1. The van der Waals surface area contributed by atoms with E-state index in [1.54, 1.807) is 26.4 Å². The number of ether oxygens (including phenoxy) is 3. The van der Waals surface area contributed by atoms with E-state index in [1.807, 2.05) is 6.92 Å². The van der Waals surface area contributed by atoms with Crippen molar-refractivity contribution in [2.75, 3.05) is 40.6 Å². The molecule has 0 aliphatic heterocycles. The molecule has 0 unspecified atom stereocenters. The summed E-state index contributed by atoms with van der Waals surface area (Å²) in [6.45, 7) is 3.21. The number of hydrogen-bond acceptors (Lipinski definition) is 5. The van der Waals surface area contributed by atoms with Crippen LogP contribution >= 0.6 is 0 Å². The molecular weight excluding hydrogens is 274 g/mol. The molecule has 0 fully saturated rings. The molecule has 1 amide bonds. The lowest BCUT2D eigenvalue weighted by atomic mass is 10.1. The number of rotatable bonds is 9. The monoisotopic (exact) mass is 297 g/mol. The third-order valence-electron chi connectivity index (χ3n) is 3.00. The number of benzene rings is 1. The van der Waals surface area contributed by atoms with Gasteiger partial charge in [0.25, 0.3) is 5.91 Å². The minimum Gasteiger partial charge on any atom is -0.496 e. The van der Waals surface area contributed by atoms with Gasteiger partial charge in [-0.1, -0.05) is 0 Å². The third-order valence-corrected chi connectivity index (χ3v) is 3.00. The van der Waals surface area contributed by atoms with E-state index >= 15 is 0 Å². The van der Waals surface area contributed by atoms with Crippen LogP contribution in [0.3, 0.4) is 0 Å². The van der Waals surface area contributed by atoms with E-state index in [-0.39, 0.29) is 12.5 Å². The highest BCUT2D eigenvalue weighted by atomic mass is 16.5. The van der Waals surface area contributed by atoms with Gasteiger partial charge in [0, 0.05) is 24.3 Å². The normalized spacial score (nSPS) is 10.3. The van der Waals surface area contributed by atoms with Gasteiger partial charge in [-0.3, -0.25) is 4.79 Å². The van der Waals surface area contributed by atoms with Crippen molar-refractivity contribution in [3.63, 3.8) is 0 Å². The Morgan fingerprint density at radius 2 is 1.81 bits per heavy atom. The number of methoxy groups -OCH3 is 2. The second kappa shape index (κ2) is 9.20. The first-order valence-electron chi connectivity index (χ1n) is 6.83. The minimum absolute atomic E-state index is 0.00924. The molecular formula is C15H23NO5. The summed E-state index contributed by atoms with van der Waals surface area (Å²) < 4.78 is 15.6. The SMILES string of the molecule is COc1cc(C(=O)NCCCOCCO)cc(OC)c1C. The van der Waals surface area contributed by atoms with Crippen LogP contribution in [0.5, 0.6) is 11.5 Å². The van der Waals surface area contributed by atoms with Crippen molar-refractivity contribution in [3.8, 4) is 11.5 Å². The molecule has 2 N–H and O–H groups in total. The van der Waals surface area contributed by atoms with E-state index < -0.39 is 0 Å². The molecule has 0 spiro atoms. The smallest absolute Gasteiger partial charge is 0.251 e. The lowest BCUT2D eigenvalue weighted by Crippen LogP contribution is -2.25. The number of amides is 1. The van der Waals surface area contributed by atoms with Gasteiger partial charge in [0.1, 0.15) is 11.5 Å². The lowest BCUT2D eigenvalue weighted by molar-refractivity contribution is 0.0867. The molecule has 0 aliphatic carbocycles. The molecule has 0 atom stereocenters. The maximum Gasteiger partial charge on any atom is 0.251 e. The summed E-state index contributed by atoms with van der Waals surface area (Å²) in [7, 11) is 3.11. The number of aliphatic hydroxyl groups excluding tert-OH is 1. The van der Waals surface area contributed by atoms with E-state index in [9.17, 15) is 4.79 Å². The zero-order chi connectivity index (χ0) is 15.7. The highest BCUT2D eigenvalue weighted by Crippen LogP contribution is 2.29. The first-order valence-corrected chi connectivity index (χ1v) is 6.83. The zero-order valence-corrected chi connectivity index (χ0v) is 12.8. The standard InChI is InChI=1S/C15H23NO5/c1-11-13(19-2)9-12(10-14(11)20-3)15(18)16-5-4-7-21-8-6-17/h9-10,17H,4-8H2,1-3H3,(H,16,18). The van der Waals surface area contributed by atoms with Crippen LogP contribution in [0.2, 0.25) is 0 Å². The van der Waals surface area contributed by atoms with Crippen LogP contribution in [0.15, 0.2) is 12.1 Å². The Morgan fingerprint density at radius 1 is 1.19 bits per heavy atom. The van der Waals surface area contributed by atoms with Crippen molar-refractivity contribution >= 4 is 5.91 Å².